The Hall–Kier alpha value is -3.41. The van der Waals surface area contributed by atoms with Crippen LogP contribution in [0.5, 0.6) is 5.75 Å². The average molecular weight is 416 g/mol. The van der Waals surface area contributed by atoms with Crippen LogP contribution in [0.2, 0.25) is 0 Å². The molecule has 0 aliphatic carbocycles. The van der Waals surface area contributed by atoms with E-state index in [1.807, 2.05) is 30.5 Å². The van der Waals surface area contributed by atoms with Gasteiger partial charge in [-0.15, -0.1) is 0 Å². The molecule has 4 rings (SSSR count). The molecule has 31 heavy (non-hydrogen) atoms. The van der Waals surface area contributed by atoms with Gasteiger partial charge in [-0.1, -0.05) is 32.0 Å². The highest BCUT2D eigenvalue weighted by atomic mass is 16.5. The van der Waals surface area contributed by atoms with Crippen molar-refractivity contribution in [2.45, 2.75) is 33.2 Å². The Morgan fingerprint density at radius 3 is 2.77 bits per heavy atom. The zero-order valence-corrected chi connectivity index (χ0v) is 18.4. The van der Waals surface area contributed by atoms with Gasteiger partial charge in [-0.2, -0.15) is 0 Å². The quantitative estimate of drug-likeness (QED) is 0.407. The van der Waals surface area contributed by atoms with Gasteiger partial charge in [0.15, 0.2) is 0 Å². The zero-order valence-electron chi connectivity index (χ0n) is 18.4. The fourth-order valence-electron chi connectivity index (χ4n) is 3.64. The van der Waals surface area contributed by atoms with E-state index in [2.05, 4.69) is 58.1 Å². The van der Waals surface area contributed by atoms with Crippen LogP contribution in [-0.4, -0.2) is 33.2 Å². The first kappa shape index (κ1) is 20.8. The summed E-state index contributed by atoms with van der Waals surface area (Å²) in [6.45, 7) is 6.23. The Bertz CT molecular complexity index is 1150. The lowest BCUT2D eigenvalue weighted by Gasteiger charge is -2.10. The molecule has 3 aromatic heterocycles. The maximum Gasteiger partial charge on any atom is 0.139 e. The first-order valence-electron chi connectivity index (χ1n) is 10.8. The minimum Gasteiger partial charge on any atom is -0.496 e. The highest BCUT2D eigenvalue weighted by Gasteiger charge is 2.08. The number of benzene rings is 1. The third-order valence-corrected chi connectivity index (χ3v) is 5.40. The van der Waals surface area contributed by atoms with Gasteiger partial charge in [0.05, 0.1) is 12.8 Å². The minimum absolute atomic E-state index is 0.673. The van der Waals surface area contributed by atoms with Crippen LogP contribution >= 0.6 is 0 Å². The van der Waals surface area contributed by atoms with Crippen molar-refractivity contribution in [3.8, 4) is 17.0 Å². The Morgan fingerprint density at radius 1 is 1.06 bits per heavy atom. The number of aryl methyl sites for hydroxylation is 1. The molecule has 0 aliphatic heterocycles. The predicted octanol–water partition coefficient (Wildman–Crippen LogP) is 5.20. The van der Waals surface area contributed by atoms with Crippen molar-refractivity contribution in [3.05, 3.63) is 66.7 Å². The number of methoxy groups -OCH3 is 1. The van der Waals surface area contributed by atoms with Crippen LogP contribution in [0.4, 0.5) is 5.82 Å². The van der Waals surface area contributed by atoms with Gasteiger partial charge in [-0.3, -0.25) is 0 Å². The highest BCUT2D eigenvalue weighted by Crippen LogP contribution is 2.24. The van der Waals surface area contributed by atoms with Crippen LogP contribution in [-0.2, 0) is 13.0 Å². The van der Waals surface area contributed by atoms with Crippen molar-refractivity contribution in [2.75, 3.05) is 19.0 Å². The number of nitrogens with one attached hydrogen (secondary N) is 1. The summed E-state index contributed by atoms with van der Waals surface area (Å²) in [4.78, 5) is 13.5. The van der Waals surface area contributed by atoms with Crippen molar-refractivity contribution < 1.29 is 4.74 Å². The number of rotatable bonds is 9. The lowest BCUT2D eigenvalue weighted by Crippen LogP contribution is -2.07. The second-order valence-electron chi connectivity index (χ2n) is 8.11. The van der Waals surface area contributed by atoms with E-state index in [0.717, 1.165) is 59.8 Å². The summed E-state index contributed by atoms with van der Waals surface area (Å²) in [5.74, 6) is 2.38. The van der Waals surface area contributed by atoms with Crippen molar-refractivity contribution in [2.24, 2.45) is 5.92 Å². The zero-order chi connectivity index (χ0) is 21.6. The molecule has 4 aromatic rings. The van der Waals surface area contributed by atoms with Crippen LogP contribution in [0.15, 0.2) is 61.2 Å². The molecule has 0 unspecified atom stereocenters. The normalized spacial score (nSPS) is 11.2. The van der Waals surface area contributed by atoms with Gasteiger partial charge in [0, 0.05) is 42.5 Å². The minimum atomic E-state index is 0.673. The molecule has 0 bridgehead atoms. The largest absolute Gasteiger partial charge is 0.496 e. The van der Waals surface area contributed by atoms with Gasteiger partial charge < -0.3 is 14.6 Å². The van der Waals surface area contributed by atoms with E-state index in [4.69, 9.17) is 9.72 Å². The van der Waals surface area contributed by atoms with Crippen molar-refractivity contribution >= 4 is 16.9 Å². The Morgan fingerprint density at radius 2 is 1.94 bits per heavy atom. The van der Waals surface area contributed by atoms with Gasteiger partial charge in [0.25, 0.3) is 0 Å². The lowest BCUT2D eigenvalue weighted by atomic mass is 10.1. The molecule has 6 nitrogen and oxygen atoms in total. The molecule has 0 spiro atoms. The number of fused-ring (bicyclic) bond motifs is 1. The van der Waals surface area contributed by atoms with E-state index in [9.17, 15) is 0 Å². The van der Waals surface area contributed by atoms with E-state index in [-0.39, 0.29) is 0 Å². The Labute approximate surface area is 183 Å². The number of hydrogen-bond acceptors (Lipinski definition) is 5. The molecular weight excluding hydrogens is 386 g/mol. The van der Waals surface area contributed by atoms with Crippen LogP contribution < -0.4 is 10.1 Å². The van der Waals surface area contributed by atoms with E-state index in [1.54, 1.807) is 13.4 Å². The van der Waals surface area contributed by atoms with Gasteiger partial charge in [-0.25, -0.2) is 15.0 Å². The molecule has 0 aliphatic rings. The average Bonchev–Trinajstić information content (AvgIpc) is 3.20. The predicted molar refractivity (Wildman–Crippen MR) is 125 cm³/mol. The van der Waals surface area contributed by atoms with E-state index in [0.29, 0.717) is 5.92 Å². The SMILES string of the molecule is COc1ccccc1CCNc1cc(-c2cnc3c(ccn3CCC(C)C)c2)ncn1. The van der Waals surface area contributed by atoms with Crippen LogP contribution in [0.1, 0.15) is 25.8 Å². The molecule has 160 valence electrons. The number of para-hydroxylation sites is 1. The molecule has 1 aromatic carbocycles. The molecule has 0 fully saturated rings. The molecule has 0 saturated heterocycles. The number of ether oxygens (including phenoxy) is 1. The topological polar surface area (TPSA) is 64.9 Å². The molecular formula is C25H29N5O. The first-order valence-corrected chi connectivity index (χ1v) is 10.8. The lowest BCUT2D eigenvalue weighted by molar-refractivity contribution is 0.410. The summed E-state index contributed by atoms with van der Waals surface area (Å²) in [6, 6.07) is 14.3. The molecule has 3 heterocycles. The number of pyridine rings is 1. The summed E-state index contributed by atoms with van der Waals surface area (Å²) in [6.07, 6.45) is 7.60. The second kappa shape index (κ2) is 9.60. The summed E-state index contributed by atoms with van der Waals surface area (Å²) in [5, 5.41) is 4.52. The van der Waals surface area contributed by atoms with E-state index >= 15 is 0 Å². The van der Waals surface area contributed by atoms with Gasteiger partial charge in [0.2, 0.25) is 0 Å². The summed E-state index contributed by atoms with van der Waals surface area (Å²) in [7, 11) is 1.70. The molecule has 6 heteroatoms. The standard InChI is InChI=1S/C25H29N5O/c1-18(2)9-12-30-13-10-20-14-21(16-27-25(20)30)22-15-24(29-17-28-22)26-11-8-19-6-4-5-7-23(19)31-3/h4-7,10,13-18H,8-9,11-12H2,1-3H3,(H,26,28,29). The molecule has 0 saturated carbocycles. The van der Waals surface area contributed by atoms with Crippen molar-refractivity contribution in [1.82, 2.24) is 19.5 Å². The number of nitrogens with zero attached hydrogens (tertiary/aromatic N) is 4. The third-order valence-electron chi connectivity index (χ3n) is 5.40. The monoisotopic (exact) mass is 415 g/mol. The summed E-state index contributed by atoms with van der Waals surface area (Å²) >= 11 is 0. The smallest absolute Gasteiger partial charge is 0.139 e. The number of anilines is 1. The molecule has 0 radical (unpaired) electrons. The van der Waals surface area contributed by atoms with Crippen LogP contribution in [0, 0.1) is 5.92 Å². The van der Waals surface area contributed by atoms with Gasteiger partial charge in [-0.05, 0) is 42.5 Å². The summed E-state index contributed by atoms with van der Waals surface area (Å²) < 4.78 is 7.65. The number of aromatic nitrogens is 4. The maximum absolute atomic E-state index is 5.43. The molecule has 0 atom stereocenters. The van der Waals surface area contributed by atoms with E-state index < -0.39 is 0 Å². The van der Waals surface area contributed by atoms with Crippen LogP contribution in [0.25, 0.3) is 22.3 Å². The van der Waals surface area contributed by atoms with Gasteiger partial charge in [0.1, 0.15) is 23.5 Å². The first-order chi connectivity index (χ1) is 15.1. The Balaban J connectivity index is 1.45. The van der Waals surface area contributed by atoms with Crippen molar-refractivity contribution in [1.29, 1.82) is 0 Å². The van der Waals surface area contributed by atoms with Gasteiger partial charge >= 0.3 is 0 Å². The fraction of sp³-hybridized carbons (Fsp3) is 0.320. The fourth-order valence-corrected chi connectivity index (χ4v) is 3.64. The molecule has 0 amide bonds. The van der Waals surface area contributed by atoms with Crippen LogP contribution in [0.3, 0.4) is 0 Å². The Kier molecular flexibility index (Phi) is 6.46. The maximum atomic E-state index is 5.43. The van der Waals surface area contributed by atoms with E-state index in [1.165, 1.54) is 5.56 Å². The summed E-state index contributed by atoms with van der Waals surface area (Å²) in [5.41, 5.74) is 4.04. The highest BCUT2D eigenvalue weighted by molar-refractivity contribution is 5.81. The third kappa shape index (κ3) is 5.02. The van der Waals surface area contributed by atoms with Crippen molar-refractivity contribution in [3.63, 3.8) is 0 Å². The molecule has 1 N–H and O–H groups in total. The second-order valence-corrected chi connectivity index (χ2v) is 8.11. The number of hydrogen-bond donors (Lipinski definition) is 1.